The number of carbonyl (C=O) groups is 1. The number of rotatable bonds is 4. The zero-order chi connectivity index (χ0) is 17.5. The fraction of sp³-hybridized carbons (Fsp3) is 0.350. The van der Waals surface area contributed by atoms with Gasteiger partial charge in [0.25, 0.3) is 5.91 Å². The number of nitrogens with zero attached hydrogens (tertiary/aromatic N) is 3. The summed E-state index contributed by atoms with van der Waals surface area (Å²) in [4.78, 5) is 17.1. The van der Waals surface area contributed by atoms with Crippen LogP contribution in [0.4, 0.5) is 0 Å². The minimum Gasteiger partial charge on any atom is -0.342 e. The molecule has 2 aliphatic rings. The Bertz CT molecular complexity index is 925. The van der Waals surface area contributed by atoms with Crippen LogP contribution >= 0.6 is 0 Å². The average molecular weight is 347 g/mol. The molecular weight excluding hydrogens is 326 g/mol. The second kappa shape index (κ2) is 6.12. The molecule has 1 amide bonds. The number of fused-ring (bicyclic) bond motifs is 1. The first kappa shape index (κ1) is 15.4. The smallest absolute Gasteiger partial charge is 0.272 e. The molecule has 3 aromatic rings. The zero-order valence-electron chi connectivity index (χ0n) is 14.4. The lowest BCUT2D eigenvalue weighted by Crippen LogP contribution is -2.37. The van der Waals surface area contributed by atoms with Crippen LogP contribution in [0.2, 0.25) is 0 Å². The molecule has 2 aromatic heterocycles. The van der Waals surface area contributed by atoms with Crippen molar-refractivity contribution in [1.82, 2.24) is 25.1 Å². The largest absolute Gasteiger partial charge is 0.342 e. The number of benzene rings is 1. The van der Waals surface area contributed by atoms with E-state index in [1.54, 1.807) is 6.20 Å². The highest BCUT2D eigenvalue weighted by Crippen LogP contribution is 2.40. The number of nitrogens with one attached hydrogen (secondary N) is 2. The maximum Gasteiger partial charge on any atom is 0.272 e. The number of amides is 1. The van der Waals surface area contributed by atoms with Gasteiger partial charge in [0.1, 0.15) is 5.69 Å². The van der Waals surface area contributed by atoms with Crippen molar-refractivity contribution in [1.29, 1.82) is 0 Å². The van der Waals surface area contributed by atoms with Crippen molar-refractivity contribution in [3.05, 3.63) is 71.6 Å². The normalized spacial score (nSPS) is 22.0. The van der Waals surface area contributed by atoms with E-state index in [1.807, 2.05) is 24.7 Å². The molecule has 0 aliphatic heterocycles. The fourth-order valence-electron chi connectivity index (χ4n) is 3.97. The summed E-state index contributed by atoms with van der Waals surface area (Å²) in [5, 5.41) is 10.5. The van der Waals surface area contributed by atoms with Gasteiger partial charge in [0, 0.05) is 24.0 Å². The van der Waals surface area contributed by atoms with Gasteiger partial charge in [-0.25, -0.2) is 4.98 Å². The molecule has 26 heavy (non-hydrogen) atoms. The van der Waals surface area contributed by atoms with E-state index in [9.17, 15) is 4.79 Å². The summed E-state index contributed by atoms with van der Waals surface area (Å²) < 4.78 is 2.10. The third kappa shape index (κ3) is 2.71. The van der Waals surface area contributed by atoms with Crippen LogP contribution in [0.5, 0.6) is 0 Å². The van der Waals surface area contributed by atoms with Gasteiger partial charge in [-0.2, -0.15) is 5.10 Å². The molecule has 0 saturated heterocycles. The molecule has 1 fully saturated rings. The van der Waals surface area contributed by atoms with Crippen LogP contribution in [0.1, 0.15) is 64.6 Å². The zero-order valence-corrected chi connectivity index (χ0v) is 14.4. The summed E-state index contributed by atoms with van der Waals surface area (Å²) in [7, 11) is 0. The van der Waals surface area contributed by atoms with Gasteiger partial charge >= 0.3 is 0 Å². The Morgan fingerprint density at radius 3 is 2.92 bits per heavy atom. The van der Waals surface area contributed by atoms with E-state index >= 15 is 0 Å². The molecule has 2 atom stereocenters. The van der Waals surface area contributed by atoms with Gasteiger partial charge in [-0.3, -0.25) is 9.89 Å². The summed E-state index contributed by atoms with van der Waals surface area (Å²) in [6.07, 6.45) is 9.92. The summed E-state index contributed by atoms with van der Waals surface area (Å²) in [5.74, 6) is 0.429. The number of aromatic nitrogens is 4. The molecule has 1 saturated carbocycles. The van der Waals surface area contributed by atoms with Gasteiger partial charge in [-0.05, 0) is 42.9 Å². The molecule has 0 bridgehead atoms. The number of carbonyl (C=O) groups excluding carboxylic acids is 1. The molecule has 6 nitrogen and oxygen atoms in total. The van der Waals surface area contributed by atoms with E-state index in [0.717, 1.165) is 18.5 Å². The van der Waals surface area contributed by atoms with Crippen LogP contribution in [-0.4, -0.2) is 25.7 Å². The van der Waals surface area contributed by atoms with Crippen molar-refractivity contribution in [3.8, 4) is 0 Å². The predicted octanol–water partition coefficient (Wildman–Crippen LogP) is 3.14. The van der Waals surface area contributed by atoms with Crippen LogP contribution in [0.25, 0.3) is 0 Å². The molecule has 0 unspecified atom stereocenters. The number of aryl methyl sites for hydroxylation is 1. The highest BCUT2D eigenvalue weighted by molar-refractivity contribution is 5.92. The standard InChI is InChI=1S/C20H21N5O/c26-20(17-11-16(23-24-17)14-5-6-14)22-19-15-4-2-1-3-13(15)7-8-18(19)25-10-9-21-12-25/h1-4,9-12,14,18-19H,5-8H2,(H,22,26)(H,23,24)/t18-,19-/m0/s1. The third-order valence-electron chi connectivity index (χ3n) is 5.53. The molecule has 0 spiro atoms. The molecule has 2 N–H and O–H groups in total. The first-order chi connectivity index (χ1) is 12.8. The first-order valence-electron chi connectivity index (χ1n) is 9.21. The Balaban J connectivity index is 1.45. The summed E-state index contributed by atoms with van der Waals surface area (Å²) >= 11 is 0. The monoisotopic (exact) mass is 347 g/mol. The van der Waals surface area contributed by atoms with Gasteiger partial charge in [-0.1, -0.05) is 24.3 Å². The molecule has 5 rings (SSSR count). The van der Waals surface area contributed by atoms with Crippen molar-refractivity contribution in [3.63, 3.8) is 0 Å². The Hall–Kier alpha value is -2.89. The quantitative estimate of drug-likeness (QED) is 0.761. The van der Waals surface area contributed by atoms with E-state index in [4.69, 9.17) is 0 Å². The number of hydrogen-bond acceptors (Lipinski definition) is 3. The number of H-pyrrole nitrogens is 1. The van der Waals surface area contributed by atoms with E-state index in [0.29, 0.717) is 11.6 Å². The first-order valence-corrected chi connectivity index (χ1v) is 9.21. The molecular formula is C20H21N5O. The van der Waals surface area contributed by atoms with Gasteiger partial charge < -0.3 is 9.88 Å². The molecule has 132 valence electrons. The second-order valence-electron chi connectivity index (χ2n) is 7.25. The topological polar surface area (TPSA) is 75.6 Å². The average Bonchev–Trinajstić information content (AvgIpc) is 3.17. The van der Waals surface area contributed by atoms with Gasteiger partial charge in [-0.15, -0.1) is 0 Å². The molecule has 2 aliphatic carbocycles. The number of aromatic amines is 1. The maximum atomic E-state index is 12.9. The Morgan fingerprint density at radius 1 is 1.23 bits per heavy atom. The van der Waals surface area contributed by atoms with E-state index in [-0.39, 0.29) is 18.0 Å². The fourth-order valence-corrected chi connectivity index (χ4v) is 3.97. The second-order valence-corrected chi connectivity index (χ2v) is 7.25. The van der Waals surface area contributed by atoms with Crippen molar-refractivity contribution in [2.45, 2.75) is 43.7 Å². The van der Waals surface area contributed by atoms with Crippen molar-refractivity contribution in [2.24, 2.45) is 0 Å². The van der Waals surface area contributed by atoms with Gasteiger partial charge in [0.15, 0.2) is 0 Å². The van der Waals surface area contributed by atoms with Gasteiger partial charge in [0.05, 0.1) is 18.4 Å². The Morgan fingerprint density at radius 2 is 2.12 bits per heavy atom. The summed E-state index contributed by atoms with van der Waals surface area (Å²) in [5.41, 5.74) is 4.03. The lowest BCUT2D eigenvalue weighted by atomic mass is 9.83. The van der Waals surface area contributed by atoms with Crippen LogP contribution in [-0.2, 0) is 6.42 Å². The highest BCUT2D eigenvalue weighted by atomic mass is 16.2. The molecule has 0 radical (unpaired) electrons. The van der Waals surface area contributed by atoms with E-state index < -0.39 is 0 Å². The van der Waals surface area contributed by atoms with E-state index in [1.165, 1.54) is 24.0 Å². The minimum atomic E-state index is -0.125. The van der Waals surface area contributed by atoms with E-state index in [2.05, 4.69) is 43.3 Å². The van der Waals surface area contributed by atoms with Crippen molar-refractivity contribution < 1.29 is 4.79 Å². The van der Waals surface area contributed by atoms with Crippen molar-refractivity contribution in [2.75, 3.05) is 0 Å². The van der Waals surface area contributed by atoms with Crippen molar-refractivity contribution >= 4 is 5.91 Å². The minimum absolute atomic E-state index is 0.0947. The number of imidazole rings is 1. The Labute approximate surface area is 151 Å². The number of hydrogen-bond donors (Lipinski definition) is 2. The SMILES string of the molecule is O=C(N[C@H]1c2ccccc2CC[C@@H]1n1ccnc1)c1cc(C2CC2)[nH]n1. The van der Waals surface area contributed by atoms with Crippen LogP contribution in [0, 0.1) is 0 Å². The molecule has 6 heteroatoms. The predicted molar refractivity (Wildman–Crippen MR) is 96.8 cm³/mol. The highest BCUT2D eigenvalue weighted by Gasteiger charge is 2.33. The lowest BCUT2D eigenvalue weighted by molar-refractivity contribution is 0.0913. The van der Waals surface area contributed by atoms with Crippen LogP contribution in [0.3, 0.4) is 0 Å². The third-order valence-corrected chi connectivity index (χ3v) is 5.53. The lowest BCUT2D eigenvalue weighted by Gasteiger charge is -2.34. The summed E-state index contributed by atoms with van der Waals surface area (Å²) in [6, 6.07) is 10.3. The Kier molecular flexibility index (Phi) is 3.62. The maximum absolute atomic E-state index is 12.9. The van der Waals surface area contributed by atoms with Gasteiger partial charge in [0.2, 0.25) is 0 Å². The molecule has 1 aromatic carbocycles. The van der Waals surface area contributed by atoms with Crippen LogP contribution < -0.4 is 5.32 Å². The van der Waals surface area contributed by atoms with Crippen LogP contribution in [0.15, 0.2) is 49.1 Å². The summed E-state index contributed by atoms with van der Waals surface area (Å²) in [6.45, 7) is 0. The molecule has 2 heterocycles.